The molecule has 4 nitrogen and oxygen atoms in total. The van der Waals surface area contributed by atoms with Gasteiger partial charge in [-0.1, -0.05) is 0 Å². The highest BCUT2D eigenvalue weighted by molar-refractivity contribution is 5.74. The number of urea groups is 1. The van der Waals surface area contributed by atoms with Gasteiger partial charge >= 0.3 is 6.03 Å². The summed E-state index contributed by atoms with van der Waals surface area (Å²) in [7, 11) is 0. The number of nitrogens with two attached hydrogens (primary N) is 1. The Hall–Kier alpha value is -1.28. The number of likely N-dealkylation sites (tertiary alicyclic amines) is 1. The predicted octanol–water partition coefficient (Wildman–Crippen LogP) is -0.471. The maximum atomic E-state index is 10.5. The molecule has 0 aromatic heterocycles. The van der Waals surface area contributed by atoms with Crippen molar-refractivity contribution in [2.75, 3.05) is 13.1 Å². The molecule has 1 heterocycles. The highest BCUT2D eigenvalue weighted by atomic mass is 16.2. The molecule has 0 spiro atoms. The summed E-state index contributed by atoms with van der Waals surface area (Å²) in [4.78, 5) is 21.9. The molecule has 1 fully saturated rings. The minimum Gasteiger partial charge on any atom is -0.351 e. The quantitative estimate of drug-likeness (QED) is 0.462. The number of amides is 2. The lowest BCUT2D eigenvalue weighted by molar-refractivity contribution is 0.219. The lowest BCUT2D eigenvalue weighted by Gasteiger charge is -2.08. The van der Waals surface area contributed by atoms with Crippen LogP contribution in [-0.2, 0) is 4.79 Å². The van der Waals surface area contributed by atoms with Gasteiger partial charge in [-0.3, -0.25) is 0 Å². The summed E-state index contributed by atoms with van der Waals surface area (Å²) in [5.74, 6) is 1.77. The molecule has 1 saturated heterocycles. The Labute approximate surface area is 58.3 Å². The first-order valence-corrected chi connectivity index (χ1v) is 3.01. The van der Waals surface area contributed by atoms with E-state index in [1.54, 1.807) is 5.94 Å². The van der Waals surface area contributed by atoms with E-state index < -0.39 is 6.03 Å². The van der Waals surface area contributed by atoms with Gasteiger partial charge in [0.2, 0.25) is 0 Å². The molecule has 0 atom stereocenters. The summed E-state index contributed by atoms with van der Waals surface area (Å²) in [5.41, 5.74) is 5.58. The molecular formula is C6H8N2O2. The van der Waals surface area contributed by atoms with E-state index in [2.05, 4.69) is 0 Å². The van der Waals surface area contributed by atoms with E-state index in [4.69, 9.17) is 5.73 Å². The highest BCUT2D eigenvalue weighted by Gasteiger charge is 2.19. The number of hydrogen-bond donors (Lipinski definition) is 1. The molecule has 1 aliphatic heterocycles. The van der Waals surface area contributed by atoms with E-state index in [1.165, 1.54) is 4.90 Å². The summed E-state index contributed by atoms with van der Waals surface area (Å²) < 4.78 is 0. The second-order valence-corrected chi connectivity index (χ2v) is 2.22. The fourth-order valence-electron chi connectivity index (χ4n) is 0.930. The first-order chi connectivity index (χ1) is 4.74. The number of primary amides is 1. The number of carbonyl (C=O) groups excluding carboxylic acids is 2. The van der Waals surface area contributed by atoms with Gasteiger partial charge in [-0.15, -0.1) is 0 Å². The van der Waals surface area contributed by atoms with E-state index in [0.717, 1.165) is 0 Å². The Kier molecular flexibility index (Phi) is 1.73. The molecule has 2 amide bonds. The molecule has 1 aliphatic rings. The molecule has 0 radical (unpaired) electrons. The van der Waals surface area contributed by atoms with E-state index in [1.807, 2.05) is 0 Å². The normalized spacial score (nSPS) is 17.2. The molecule has 0 aliphatic carbocycles. The molecule has 1 rings (SSSR count). The van der Waals surface area contributed by atoms with Crippen LogP contribution in [0.15, 0.2) is 5.57 Å². The van der Waals surface area contributed by atoms with Gasteiger partial charge in [-0.05, 0) is 6.42 Å². The van der Waals surface area contributed by atoms with Gasteiger partial charge in [0.15, 0.2) is 0 Å². The van der Waals surface area contributed by atoms with Crippen LogP contribution in [0, 0.1) is 0 Å². The molecule has 4 heteroatoms. The molecule has 0 saturated carbocycles. The topological polar surface area (TPSA) is 63.4 Å². The van der Waals surface area contributed by atoms with Crippen LogP contribution in [0.3, 0.4) is 0 Å². The van der Waals surface area contributed by atoms with Crippen LogP contribution in [-0.4, -0.2) is 30.0 Å². The zero-order valence-electron chi connectivity index (χ0n) is 5.46. The standard InChI is InChI=1S/C6H8N2O2/c7-6(10)8-2-1-5(3-8)4-9/h1-3H2,(H2,7,10). The van der Waals surface area contributed by atoms with E-state index in [-0.39, 0.29) is 0 Å². The Morgan fingerprint density at radius 2 is 2.40 bits per heavy atom. The van der Waals surface area contributed by atoms with E-state index in [0.29, 0.717) is 25.1 Å². The summed E-state index contributed by atoms with van der Waals surface area (Å²) in [6.45, 7) is 0.915. The van der Waals surface area contributed by atoms with Crippen molar-refractivity contribution in [1.82, 2.24) is 4.90 Å². The zero-order chi connectivity index (χ0) is 7.56. The van der Waals surface area contributed by atoms with Crippen LogP contribution in [0.5, 0.6) is 0 Å². The molecule has 0 unspecified atom stereocenters. The molecule has 54 valence electrons. The van der Waals surface area contributed by atoms with E-state index >= 15 is 0 Å². The third-order valence-corrected chi connectivity index (χ3v) is 1.52. The van der Waals surface area contributed by atoms with Crippen molar-refractivity contribution in [3.63, 3.8) is 0 Å². The lowest BCUT2D eigenvalue weighted by Crippen LogP contribution is -2.32. The minimum absolute atomic E-state index is 0.360. The molecule has 10 heavy (non-hydrogen) atoms. The molecular weight excluding hydrogens is 132 g/mol. The number of rotatable bonds is 0. The number of hydrogen-bond acceptors (Lipinski definition) is 2. The van der Waals surface area contributed by atoms with Gasteiger partial charge in [0.1, 0.15) is 5.94 Å². The van der Waals surface area contributed by atoms with Crippen molar-refractivity contribution in [2.24, 2.45) is 5.73 Å². The van der Waals surface area contributed by atoms with Gasteiger partial charge in [0.25, 0.3) is 0 Å². The fourth-order valence-corrected chi connectivity index (χ4v) is 0.930. The van der Waals surface area contributed by atoms with Crippen LogP contribution in [0.1, 0.15) is 6.42 Å². The van der Waals surface area contributed by atoms with Gasteiger partial charge in [0, 0.05) is 12.1 Å². The highest BCUT2D eigenvalue weighted by Crippen LogP contribution is 2.10. The predicted molar refractivity (Wildman–Crippen MR) is 35.0 cm³/mol. The van der Waals surface area contributed by atoms with Gasteiger partial charge < -0.3 is 10.6 Å². The van der Waals surface area contributed by atoms with Crippen molar-refractivity contribution in [3.8, 4) is 0 Å². The number of nitrogens with zero attached hydrogens (tertiary/aromatic N) is 1. The lowest BCUT2D eigenvalue weighted by atomic mass is 10.3. The smallest absolute Gasteiger partial charge is 0.315 e. The molecule has 0 aromatic rings. The first-order valence-electron chi connectivity index (χ1n) is 3.01. The largest absolute Gasteiger partial charge is 0.351 e. The third-order valence-electron chi connectivity index (χ3n) is 1.52. The van der Waals surface area contributed by atoms with Crippen LogP contribution in [0.4, 0.5) is 4.79 Å². The summed E-state index contributed by atoms with van der Waals surface area (Å²) in [6, 6.07) is -0.467. The van der Waals surface area contributed by atoms with Crippen molar-refractivity contribution in [1.29, 1.82) is 0 Å². The second kappa shape index (κ2) is 2.54. The van der Waals surface area contributed by atoms with Crippen molar-refractivity contribution in [3.05, 3.63) is 5.57 Å². The van der Waals surface area contributed by atoms with Crippen LogP contribution in [0.2, 0.25) is 0 Å². The van der Waals surface area contributed by atoms with Crippen LogP contribution >= 0.6 is 0 Å². The minimum atomic E-state index is -0.467. The van der Waals surface area contributed by atoms with Crippen LogP contribution < -0.4 is 5.73 Å². The van der Waals surface area contributed by atoms with Gasteiger partial charge in [-0.25, -0.2) is 9.59 Å². The number of carbonyl (C=O) groups is 1. The Morgan fingerprint density at radius 1 is 1.70 bits per heavy atom. The Morgan fingerprint density at radius 3 is 2.70 bits per heavy atom. The maximum Gasteiger partial charge on any atom is 0.315 e. The summed E-state index contributed by atoms with van der Waals surface area (Å²) in [5, 5.41) is 0. The van der Waals surface area contributed by atoms with Crippen LogP contribution in [0.25, 0.3) is 0 Å². The first kappa shape index (κ1) is 6.83. The van der Waals surface area contributed by atoms with Gasteiger partial charge in [0.05, 0.1) is 6.54 Å². The molecule has 0 bridgehead atoms. The molecule has 2 N–H and O–H groups in total. The summed E-state index contributed by atoms with van der Waals surface area (Å²) in [6.07, 6.45) is 0.617. The average molecular weight is 140 g/mol. The van der Waals surface area contributed by atoms with Crippen molar-refractivity contribution in [2.45, 2.75) is 6.42 Å². The SMILES string of the molecule is NC(=O)N1CCC(=C=O)C1. The maximum absolute atomic E-state index is 10.5. The zero-order valence-corrected chi connectivity index (χ0v) is 5.46. The Balaban J connectivity index is 2.59. The average Bonchev–Trinajstić information content (AvgIpc) is 2.34. The Bertz CT molecular complexity index is 206. The molecule has 0 aromatic carbocycles. The third kappa shape index (κ3) is 1.17. The summed E-state index contributed by atoms with van der Waals surface area (Å²) >= 11 is 0. The fraction of sp³-hybridized carbons (Fsp3) is 0.500. The van der Waals surface area contributed by atoms with E-state index in [9.17, 15) is 9.59 Å². The van der Waals surface area contributed by atoms with Gasteiger partial charge in [-0.2, -0.15) is 0 Å². The monoisotopic (exact) mass is 140 g/mol. The second-order valence-electron chi connectivity index (χ2n) is 2.22. The van der Waals surface area contributed by atoms with Crippen molar-refractivity contribution < 1.29 is 9.59 Å². The van der Waals surface area contributed by atoms with Crippen molar-refractivity contribution >= 4 is 12.0 Å².